The van der Waals surface area contributed by atoms with Crippen molar-refractivity contribution < 1.29 is 1.37 Å². The van der Waals surface area contributed by atoms with Gasteiger partial charge >= 0.3 is 0 Å². The predicted octanol–water partition coefficient (Wildman–Crippen LogP) is 4.94. The molecule has 2 rings (SSSR count). The van der Waals surface area contributed by atoms with Gasteiger partial charge in [0.2, 0.25) is 0 Å². The number of benzene rings is 2. The van der Waals surface area contributed by atoms with Crippen molar-refractivity contribution in [2.24, 2.45) is 0 Å². The maximum Gasteiger partial charge on any atom is 0.0629 e. The van der Waals surface area contributed by atoms with Crippen LogP contribution in [0.25, 0.3) is 17.2 Å². The SMILES string of the molecule is [2H]/C(=C\C(=C)C)c1ccc(-c2ccccc2)cc1. The second-order valence-corrected chi connectivity index (χ2v) is 4.08. The van der Waals surface area contributed by atoms with Crippen LogP contribution in [0.4, 0.5) is 0 Å². The van der Waals surface area contributed by atoms with E-state index in [2.05, 4.69) is 18.7 Å². The Hall–Kier alpha value is -2.08. The van der Waals surface area contributed by atoms with E-state index in [4.69, 9.17) is 1.37 Å². The Morgan fingerprint density at radius 1 is 1.00 bits per heavy atom. The molecule has 0 N–H and O–H groups in total. The molecule has 0 aliphatic rings. The Kier molecular flexibility index (Phi) is 3.15. The largest absolute Gasteiger partial charge is 0.0961 e. The molecular weight excluding hydrogens is 204 g/mol. The number of hydrogen-bond acceptors (Lipinski definition) is 0. The zero-order valence-corrected chi connectivity index (χ0v) is 9.98. The first-order valence-electron chi connectivity index (χ1n) is 6.16. The van der Waals surface area contributed by atoms with Gasteiger partial charge in [0.15, 0.2) is 0 Å². The minimum absolute atomic E-state index is 0.502. The third kappa shape index (κ3) is 3.18. The predicted molar refractivity (Wildman–Crippen MR) is 75.7 cm³/mol. The Labute approximate surface area is 104 Å². The Balaban J connectivity index is 2.29. The third-order valence-electron chi connectivity index (χ3n) is 2.48. The van der Waals surface area contributed by atoms with Crippen molar-refractivity contribution >= 4 is 6.05 Å². The summed E-state index contributed by atoms with van der Waals surface area (Å²) in [5, 5.41) is 0. The topological polar surface area (TPSA) is 0 Å². The van der Waals surface area contributed by atoms with Crippen molar-refractivity contribution in [1.29, 1.82) is 0 Å². The van der Waals surface area contributed by atoms with Gasteiger partial charge in [0, 0.05) is 0 Å². The zero-order chi connectivity index (χ0) is 13.0. The van der Waals surface area contributed by atoms with Crippen LogP contribution in [0.2, 0.25) is 0 Å². The van der Waals surface area contributed by atoms with Crippen molar-refractivity contribution in [2.45, 2.75) is 6.92 Å². The fourth-order valence-electron chi connectivity index (χ4n) is 1.60. The van der Waals surface area contributed by atoms with E-state index < -0.39 is 0 Å². The van der Waals surface area contributed by atoms with Crippen molar-refractivity contribution in [1.82, 2.24) is 0 Å². The molecule has 0 aromatic heterocycles. The molecule has 0 saturated carbocycles. The maximum atomic E-state index is 7.92. The fraction of sp³-hybridized carbons (Fsp3) is 0.0588. The molecule has 0 radical (unpaired) electrons. The molecule has 0 nitrogen and oxygen atoms in total. The molecule has 0 spiro atoms. The van der Waals surface area contributed by atoms with E-state index in [0.29, 0.717) is 6.05 Å². The van der Waals surface area contributed by atoms with Crippen LogP contribution in [-0.2, 0) is 0 Å². The minimum atomic E-state index is 0.502. The molecule has 0 aliphatic heterocycles. The monoisotopic (exact) mass is 221 g/mol. The molecule has 0 atom stereocenters. The number of allylic oxidation sites excluding steroid dienone is 2. The zero-order valence-electron chi connectivity index (χ0n) is 11.0. The van der Waals surface area contributed by atoms with Gasteiger partial charge in [0.05, 0.1) is 1.37 Å². The molecule has 2 aromatic carbocycles. The lowest BCUT2D eigenvalue weighted by Crippen LogP contribution is -1.77. The molecule has 0 heterocycles. The van der Waals surface area contributed by atoms with Crippen LogP contribution in [0.5, 0.6) is 0 Å². The van der Waals surface area contributed by atoms with E-state index in [-0.39, 0.29) is 0 Å². The average molecular weight is 221 g/mol. The van der Waals surface area contributed by atoms with Crippen molar-refractivity contribution in [3.8, 4) is 11.1 Å². The highest BCUT2D eigenvalue weighted by Gasteiger charge is 1.95. The average Bonchev–Trinajstić information content (AvgIpc) is 2.39. The van der Waals surface area contributed by atoms with Crippen LogP contribution in [0.15, 0.2) is 72.8 Å². The molecule has 0 amide bonds. The Bertz CT molecular complexity index is 562. The minimum Gasteiger partial charge on any atom is -0.0961 e. The van der Waals surface area contributed by atoms with Crippen molar-refractivity contribution in [3.05, 3.63) is 78.4 Å². The molecule has 17 heavy (non-hydrogen) atoms. The van der Waals surface area contributed by atoms with Gasteiger partial charge in [0.25, 0.3) is 0 Å². The van der Waals surface area contributed by atoms with Crippen LogP contribution in [0.3, 0.4) is 0 Å². The first-order chi connectivity index (χ1) is 8.66. The molecule has 0 fully saturated rings. The van der Waals surface area contributed by atoms with Crippen molar-refractivity contribution in [2.75, 3.05) is 0 Å². The van der Waals surface area contributed by atoms with Gasteiger partial charge in [-0.1, -0.05) is 78.9 Å². The van der Waals surface area contributed by atoms with E-state index in [1.165, 1.54) is 11.1 Å². The Morgan fingerprint density at radius 3 is 2.18 bits per heavy atom. The van der Waals surface area contributed by atoms with E-state index in [1.54, 1.807) is 6.08 Å². The highest BCUT2D eigenvalue weighted by Crippen LogP contribution is 2.19. The second-order valence-electron chi connectivity index (χ2n) is 4.08. The van der Waals surface area contributed by atoms with E-state index in [1.807, 2.05) is 49.4 Å². The van der Waals surface area contributed by atoms with Crippen LogP contribution in [-0.4, -0.2) is 0 Å². The summed E-state index contributed by atoms with van der Waals surface area (Å²) in [4.78, 5) is 0. The van der Waals surface area contributed by atoms with Gasteiger partial charge in [-0.15, -0.1) is 0 Å². The van der Waals surface area contributed by atoms with E-state index in [0.717, 1.165) is 11.1 Å². The summed E-state index contributed by atoms with van der Waals surface area (Å²) in [6.45, 7) is 5.69. The number of rotatable bonds is 3. The lowest BCUT2D eigenvalue weighted by atomic mass is 10.0. The quantitative estimate of drug-likeness (QED) is 0.644. The normalized spacial score (nSPS) is 12.1. The molecular formula is C17H16. The van der Waals surface area contributed by atoms with Crippen LogP contribution in [0, 0.1) is 0 Å². The third-order valence-corrected chi connectivity index (χ3v) is 2.48. The highest BCUT2D eigenvalue weighted by atomic mass is 14.0. The maximum absolute atomic E-state index is 7.92. The second kappa shape index (κ2) is 5.31. The molecule has 0 bridgehead atoms. The Morgan fingerprint density at radius 2 is 1.59 bits per heavy atom. The molecule has 0 heteroatoms. The first kappa shape index (κ1) is 10.1. The molecule has 0 aliphatic carbocycles. The van der Waals surface area contributed by atoms with E-state index >= 15 is 0 Å². The highest BCUT2D eigenvalue weighted by molar-refractivity contribution is 5.65. The summed E-state index contributed by atoms with van der Waals surface area (Å²) in [6, 6.07) is 18.8. The van der Waals surface area contributed by atoms with Gasteiger partial charge in [0.1, 0.15) is 0 Å². The van der Waals surface area contributed by atoms with Crippen LogP contribution in [0.1, 0.15) is 13.9 Å². The number of hydrogen-bond donors (Lipinski definition) is 0. The lowest BCUT2D eigenvalue weighted by Gasteiger charge is -2.01. The summed E-state index contributed by atoms with van der Waals surface area (Å²) in [7, 11) is 0. The van der Waals surface area contributed by atoms with Crippen LogP contribution >= 0.6 is 0 Å². The van der Waals surface area contributed by atoms with Gasteiger partial charge < -0.3 is 0 Å². The van der Waals surface area contributed by atoms with Gasteiger partial charge in [-0.05, 0) is 23.6 Å². The van der Waals surface area contributed by atoms with Gasteiger partial charge in [-0.25, -0.2) is 0 Å². The fourth-order valence-corrected chi connectivity index (χ4v) is 1.60. The summed E-state index contributed by atoms with van der Waals surface area (Å²) in [5.41, 5.74) is 4.17. The standard InChI is InChI=1S/C17H16/c1-14(2)8-9-15-10-12-17(13-11-15)16-6-4-3-5-7-16/h3-13H,1H2,2H3/b9-8+/i9D. The van der Waals surface area contributed by atoms with Gasteiger partial charge in [-0.2, -0.15) is 0 Å². The van der Waals surface area contributed by atoms with Crippen molar-refractivity contribution in [3.63, 3.8) is 0 Å². The molecule has 0 unspecified atom stereocenters. The summed E-state index contributed by atoms with van der Waals surface area (Å²) in [5.74, 6) is 0. The first-order valence-corrected chi connectivity index (χ1v) is 5.66. The summed E-state index contributed by atoms with van der Waals surface area (Å²) >= 11 is 0. The smallest absolute Gasteiger partial charge is 0.0629 e. The lowest BCUT2D eigenvalue weighted by molar-refractivity contribution is 1.56. The molecule has 84 valence electrons. The van der Waals surface area contributed by atoms with E-state index in [9.17, 15) is 0 Å². The molecule has 0 saturated heterocycles. The molecule has 2 aromatic rings. The summed E-state index contributed by atoms with van der Waals surface area (Å²) < 4.78 is 7.92. The summed E-state index contributed by atoms with van der Waals surface area (Å²) in [6.07, 6.45) is 1.78. The van der Waals surface area contributed by atoms with Crippen LogP contribution < -0.4 is 0 Å². The van der Waals surface area contributed by atoms with Gasteiger partial charge in [-0.3, -0.25) is 0 Å².